The minimum atomic E-state index is -0.0224. The molecule has 0 aromatic heterocycles. The molecule has 0 heterocycles. The number of amides is 1. The number of hydrogen-bond donors (Lipinski definition) is 1. The van der Waals surface area contributed by atoms with Crippen molar-refractivity contribution in [2.45, 2.75) is 6.92 Å². The van der Waals surface area contributed by atoms with Gasteiger partial charge in [0.1, 0.15) is 0 Å². The average molecular weight is 227 g/mol. The SMILES string of the molecule is CCNc1cc(C(=O)N(C)C)ccc1Cl. The minimum Gasteiger partial charge on any atom is -0.384 e. The molecule has 0 unspecified atom stereocenters. The van der Waals surface area contributed by atoms with E-state index in [0.29, 0.717) is 10.6 Å². The van der Waals surface area contributed by atoms with Crippen LogP contribution >= 0.6 is 11.6 Å². The van der Waals surface area contributed by atoms with Crippen LogP contribution in [0.5, 0.6) is 0 Å². The van der Waals surface area contributed by atoms with E-state index >= 15 is 0 Å². The first-order chi connectivity index (χ1) is 7.06. The van der Waals surface area contributed by atoms with Gasteiger partial charge in [-0.25, -0.2) is 0 Å². The van der Waals surface area contributed by atoms with Crippen LogP contribution in [0.4, 0.5) is 5.69 Å². The fraction of sp³-hybridized carbons (Fsp3) is 0.364. The van der Waals surface area contributed by atoms with Crippen LogP contribution in [0.3, 0.4) is 0 Å². The van der Waals surface area contributed by atoms with Crippen molar-refractivity contribution in [1.82, 2.24) is 4.90 Å². The van der Waals surface area contributed by atoms with E-state index in [1.807, 2.05) is 6.92 Å². The van der Waals surface area contributed by atoms with Crippen molar-refractivity contribution in [3.63, 3.8) is 0 Å². The van der Waals surface area contributed by atoms with Gasteiger partial charge in [-0.2, -0.15) is 0 Å². The summed E-state index contributed by atoms with van der Waals surface area (Å²) in [5, 5.41) is 3.74. The Morgan fingerprint density at radius 1 is 1.47 bits per heavy atom. The highest BCUT2D eigenvalue weighted by atomic mass is 35.5. The number of carbonyl (C=O) groups excluding carboxylic acids is 1. The number of rotatable bonds is 3. The van der Waals surface area contributed by atoms with Gasteiger partial charge in [0.25, 0.3) is 5.91 Å². The van der Waals surface area contributed by atoms with Gasteiger partial charge in [-0.1, -0.05) is 11.6 Å². The molecular weight excluding hydrogens is 212 g/mol. The van der Waals surface area contributed by atoms with Gasteiger partial charge in [-0.15, -0.1) is 0 Å². The van der Waals surface area contributed by atoms with Gasteiger partial charge in [0, 0.05) is 26.2 Å². The predicted molar refractivity (Wildman–Crippen MR) is 63.6 cm³/mol. The molecule has 0 fully saturated rings. The molecule has 0 radical (unpaired) electrons. The maximum atomic E-state index is 11.7. The lowest BCUT2D eigenvalue weighted by Crippen LogP contribution is -2.21. The average Bonchev–Trinajstić information content (AvgIpc) is 2.20. The van der Waals surface area contributed by atoms with Gasteiger partial charge >= 0.3 is 0 Å². The van der Waals surface area contributed by atoms with E-state index in [0.717, 1.165) is 12.2 Å². The fourth-order valence-electron chi connectivity index (χ4n) is 1.24. The Morgan fingerprint density at radius 3 is 2.67 bits per heavy atom. The summed E-state index contributed by atoms with van der Waals surface area (Å²) in [6.07, 6.45) is 0. The van der Waals surface area contributed by atoms with Crippen molar-refractivity contribution in [1.29, 1.82) is 0 Å². The number of benzene rings is 1. The Kier molecular flexibility index (Phi) is 3.97. The standard InChI is InChI=1S/C11H15ClN2O/c1-4-13-10-7-8(5-6-9(10)12)11(15)14(2)3/h5-7,13H,4H2,1-3H3. The summed E-state index contributed by atoms with van der Waals surface area (Å²) in [6.45, 7) is 2.76. The van der Waals surface area contributed by atoms with Crippen molar-refractivity contribution < 1.29 is 4.79 Å². The Bertz CT molecular complexity index is 364. The molecule has 0 aliphatic heterocycles. The molecule has 1 rings (SSSR count). The molecule has 3 nitrogen and oxygen atoms in total. The molecular formula is C11H15ClN2O. The lowest BCUT2D eigenvalue weighted by Gasteiger charge is -2.12. The van der Waals surface area contributed by atoms with E-state index in [1.165, 1.54) is 0 Å². The van der Waals surface area contributed by atoms with Crippen molar-refractivity contribution in [2.24, 2.45) is 0 Å². The van der Waals surface area contributed by atoms with Gasteiger partial charge in [-0.3, -0.25) is 4.79 Å². The zero-order valence-electron chi connectivity index (χ0n) is 9.17. The Hall–Kier alpha value is -1.22. The van der Waals surface area contributed by atoms with E-state index < -0.39 is 0 Å². The molecule has 0 saturated carbocycles. The molecule has 0 bridgehead atoms. The second-order valence-electron chi connectivity index (χ2n) is 3.42. The molecule has 0 spiro atoms. The third-order valence-corrected chi connectivity index (χ3v) is 2.32. The van der Waals surface area contributed by atoms with Crippen LogP contribution in [0.1, 0.15) is 17.3 Å². The van der Waals surface area contributed by atoms with Crippen molar-refractivity contribution in [3.8, 4) is 0 Å². The topological polar surface area (TPSA) is 32.3 Å². The summed E-state index contributed by atoms with van der Waals surface area (Å²) in [7, 11) is 3.45. The number of halogens is 1. The second kappa shape index (κ2) is 5.03. The van der Waals surface area contributed by atoms with E-state index in [1.54, 1.807) is 37.2 Å². The third-order valence-electron chi connectivity index (χ3n) is 1.99. The zero-order chi connectivity index (χ0) is 11.4. The van der Waals surface area contributed by atoms with E-state index in [4.69, 9.17) is 11.6 Å². The molecule has 1 amide bonds. The van der Waals surface area contributed by atoms with Crippen molar-refractivity contribution >= 4 is 23.2 Å². The van der Waals surface area contributed by atoms with Crippen LogP contribution < -0.4 is 5.32 Å². The fourth-order valence-corrected chi connectivity index (χ4v) is 1.43. The van der Waals surface area contributed by atoms with Gasteiger partial charge in [0.05, 0.1) is 10.7 Å². The molecule has 0 saturated heterocycles. The van der Waals surface area contributed by atoms with Crippen LogP contribution in [0, 0.1) is 0 Å². The Labute approximate surface area is 95.0 Å². The smallest absolute Gasteiger partial charge is 0.253 e. The predicted octanol–water partition coefficient (Wildman–Crippen LogP) is 2.47. The highest BCUT2D eigenvalue weighted by molar-refractivity contribution is 6.33. The van der Waals surface area contributed by atoms with E-state index in [9.17, 15) is 4.79 Å². The minimum absolute atomic E-state index is 0.0224. The molecule has 1 aromatic carbocycles. The van der Waals surface area contributed by atoms with Gasteiger partial charge in [-0.05, 0) is 25.1 Å². The quantitative estimate of drug-likeness (QED) is 0.859. The Balaban J connectivity index is 3.01. The summed E-state index contributed by atoms with van der Waals surface area (Å²) in [5.41, 5.74) is 1.44. The zero-order valence-corrected chi connectivity index (χ0v) is 9.93. The molecule has 0 atom stereocenters. The number of nitrogens with zero attached hydrogens (tertiary/aromatic N) is 1. The van der Waals surface area contributed by atoms with Crippen LogP contribution in [-0.4, -0.2) is 31.4 Å². The van der Waals surface area contributed by atoms with E-state index in [2.05, 4.69) is 5.32 Å². The van der Waals surface area contributed by atoms with Crippen LogP contribution in [-0.2, 0) is 0 Å². The summed E-state index contributed by atoms with van der Waals surface area (Å²) in [4.78, 5) is 13.2. The third kappa shape index (κ3) is 2.86. The van der Waals surface area contributed by atoms with Gasteiger partial charge in [0.15, 0.2) is 0 Å². The summed E-state index contributed by atoms with van der Waals surface area (Å²) >= 11 is 5.97. The monoisotopic (exact) mass is 226 g/mol. The first kappa shape index (κ1) is 11.9. The molecule has 1 aromatic rings. The van der Waals surface area contributed by atoms with Crippen LogP contribution in [0.25, 0.3) is 0 Å². The summed E-state index contributed by atoms with van der Waals surface area (Å²) < 4.78 is 0. The molecule has 15 heavy (non-hydrogen) atoms. The lowest BCUT2D eigenvalue weighted by atomic mass is 10.2. The summed E-state index contributed by atoms with van der Waals surface area (Å²) in [5.74, 6) is -0.0224. The number of hydrogen-bond acceptors (Lipinski definition) is 2. The van der Waals surface area contributed by atoms with Crippen molar-refractivity contribution in [2.75, 3.05) is 26.0 Å². The Morgan fingerprint density at radius 2 is 2.13 bits per heavy atom. The van der Waals surface area contributed by atoms with Gasteiger partial charge in [0.2, 0.25) is 0 Å². The maximum Gasteiger partial charge on any atom is 0.253 e. The lowest BCUT2D eigenvalue weighted by molar-refractivity contribution is 0.0827. The highest BCUT2D eigenvalue weighted by Crippen LogP contribution is 2.23. The normalized spacial score (nSPS) is 9.87. The first-order valence-corrected chi connectivity index (χ1v) is 5.19. The molecule has 82 valence electrons. The van der Waals surface area contributed by atoms with E-state index in [-0.39, 0.29) is 5.91 Å². The number of anilines is 1. The number of nitrogens with one attached hydrogen (secondary N) is 1. The molecule has 0 aliphatic rings. The van der Waals surface area contributed by atoms with Crippen LogP contribution in [0.15, 0.2) is 18.2 Å². The maximum absolute atomic E-state index is 11.7. The molecule has 0 aliphatic carbocycles. The van der Waals surface area contributed by atoms with Crippen molar-refractivity contribution in [3.05, 3.63) is 28.8 Å². The second-order valence-corrected chi connectivity index (χ2v) is 3.83. The molecule has 4 heteroatoms. The summed E-state index contributed by atoms with van der Waals surface area (Å²) in [6, 6.07) is 5.23. The number of carbonyl (C=O) groups is 1. The van der Waals surface area contributed by atoms with Crippen LogP contribution in [0.2, 0.25) is 5.02 Å². The highest BCUT2D eigenvalue weighted by Gasteiger charge is 2.09. The first-order valence-electron chi connectivity index (χ1n) is 4.81. The molecule has 1 N–H and O–H groups in total. The van der Waals surface area contributed by atoms with Gasteiger partial charge < -0.3 is 10.2 Å². The largest absolute Gasteiger partial charge is 0.384 e.